The fraction of sp³-hybridized carbons (Fsp3) is 0.158. The highest BCUT2D eigenvalue weighted by Crippen LogP contribution is 2.31. The molecule has 0 saturated carbocycles. The van der Waals surface area contributed by atoms with Gasteiger partial charge in [0.2, 0.25) is 11.8 Å². The van der Waals surface area contributed by atoms with Crippen LogP contribution in [0.3, 0.4) is 0 Å². The molecule has 142 valence electrons. The zero-order chi connectivity index (χ0) is 19.7. The molecule has 0 radical (unpaired) electrons. The van der Waals surface area contributed by atoms with Gasteiger partial charge in [0.1, 0.15) is 12.3 Å². The summed E-state index contributed by atoms with van der Waals surface area (Å²) in [6, 6.07) is 12.4. The number of nitrogens with zero attached hydrogens (tertiary/aromatic N) is 2. The zero-order valence-electron chi connectivity index (χ0n) is 14.9. The summed E-state index contributed by atoms with van der Waals surface area (Å²) in [5.74, 6) is -0.224. The standard InChI is InChI=1S/C19H16N4O4S/c1-11(24)20-19-22-13-8-12(6-7-16(13)28-19)21-17(25)9-23-14-4-2-3-5-15(14)27-10-18(23)26/h2-8H,9-10H2,1H3,(H,21,25)(H,20,22,24). The molecule has 1 aliphatic rings. The van der Waals surface area contributed by atoms with Gasteiger partial charge in [-0.2, -0.15) is 0 Å². The van der Waals surface area contributed by atoms with Crippen molar-refractivity contribution in [3.8, 4) is 5.75 Å². The highest BCUT2D eigenvalue weighted by molar-refractivity contribution is 7.22. The molecule has 3 amide bonds. The number of thiazole rings is 1. The fourth-order valence-corrected chi connectivity index (χ4v) is 3.77. The van der Waals surface area contributed by atoms with Gasteiger partial charge in [0.05, 0.1) is 15.9 Å². The Balaban J connectivity index is 1.49. The largest absolute Gasteiger partial charge is 0.482 e. The van der Waals surface area contributed by atoms with Gasteiger partial charge in [-0.1, -0.05) is 23.5 Å². The molecule has 1 aliphatic heterocycles. The van der Waals surface area contributed by atoms with Crippen LogP contribution in [0.1, 0.15) is 6.92 Å². The van der Waals surface area contributed by atoms with Crippen LogP contribution in [-0.4, -0.2) is 35.9 Å². The van der Waals surface area contributed by atoms with Gasteiger partial charge in [0.25, 0.3) is 5.91 Å². The van der Waals surface area contributed by atoms with Crippen LogP contribution >= 0.6 is 11.3 Å². The molecule has 0 fully saturated rings. The minimum absolute atomic E-state index is 0.0962. The molecular formula is C19H16N4O4S. The van der Waals surface area contributed by atoms with E-state index in [2.05, 4.69) is 15.6 Å². The molecule has 0 aliphatic carbocycles. The molecule has 2 heterocycles. The Bertz CT molecular complexity index is 1090. The number of ether oxygens (including phenoxy) is 1. The number of carbonyl (C=O) groups is 3. The molecule has 0 unspecified atom stereocenters. The van der Waals surface area contributed by atoms with E-state index in [1.54, 1.807) is 30.3 Å². The fourth-order valence-electron chi connectivity index (χ4n) is 2.88. The number of anilines is 3. The monoisotopic (exact) mass is 396 g/mol. The van der Waals surface area contributed by atoms with E-state index in [9.17, 15) is 14.4 Å². The zero-order valence-corrected chi connectivity index (χ0v) is 15.7. The molecule has 0 bridgehead atoms. The topological polar surface area (TPSA) is 101 Å². The Morgan fingerprint density at radius 1 is 1.21 bits per heavy atom. The van der Waals surface area contributed by atoms with Crippen molar-refractivity contribution in [2.24, 2.45) is 0 Å². The molecule has 2 aromatic carbocycles. The number of hydrogen-bond acceptors (Lipinski definition) is 6. The number of nitrogens with one attached hydrogen (secondary N) is 2. The first-order valence-electron chi connectivity index (χ1n) is 8.50. The van der Waals surface area contributed by atoms with Crippen LogP contribution < -0.4 is 20.3 Å². The van der Waals surface area contributed by atoms with Crippen LogP contribution in [0.15, 0.2) is 42.5 Å². The van der Waals surface area contributed by atoms with E-state index in [4.69, 9.17) is 4.74 Å². The van der Waals surface area contributed by atoms with Crippen LogP contribution in [-0.2, 0) is 14.4 Å². The third-order valence-corrected chi connectivity index (χ3v) is 5.02. The second-order valence-electron chi connectivity index (χ2n) is 6.17. The summed E-state index contributed by atoms with van der Waals surface area (Å²) in [4.78, 5) is 41.6. The minimum atomic E-state index is -0.332. The highest BCUT2D eigenvalue weighted by Gasteiger charge is 2.27. The molecule has 0 atom stereocenters. The van der Waals surface area contributed by atoms with E-state index >= 15 is 0 Å². The van der Waals surface area contributed by atoms with Crippen molar-refractivity contribution < 1.29 is 19.1 Å². The minimum Gasteiger partial charge on any atom is -0.482 e. The lowest BCUT2D eigenvalue weighted by Crippen LogP contribution is -2.43. The highest BCUT2D eigenvalue weighted by atomic mass is 32.1. The van der Waals surface area contributed by atoms with Gasteiger partial charge < -0.3 is 15.4 Å². The van der Waals surface area contributed by atoms with Crippen LogP contribution in [0.2, 0.25) is 0 Å². The van der Waals surface area contributed by atoms with Crippen molar-refractivity contribution in [3.63, 3.8) is 0 Å². The van der Waals surface area contributed by atoms with E-state index in [-0.39, 0.29) is 30.9 Å². The van der Waals surface area contributed by atoms with E-state index in [0.29, 0.717) is 27.8 Å². The first-order valence-corrected chi connectivity index (χ1v) is 9.31. The molecule has 1 aromatic heterocycles. The predicted molar refractivity (Wildman–Crippen MR) is 107 cm³/mol. The van der Waals surface area contributed by atoms with Gasteiger partial charge in [-0.3, -0.25) is 19.3 Å². The van der Waals surface area contributed by atoms with Crippen LogP contribution in [0.25, 0.3) is 10.2 Å². The molecule has 3 aromatic rings. The van der Waals surface area contributed by atoms with Gasteiger partial charge in [-0.25, -0.2) is 4.98 Å². The van der Waals surface area contributed by atoms with Gasteiger partial charge in [-0.15, -0.1) is 0 Å². The number of benzene rings is 2. The Morgan fingerprint density at radius 2 is 2.04 bits per heavy atom. The number of aromatic nitrogens is 1. The average Bonchev–Trinajstić information content (AvgIpc) is 3.04. The quantitative estimate of drug-likeness (QED) is 0.706. The van der Waals surface area contributed by atoms with Crippen molar-refractivity contribution in [1.29, 1.82) is 0 Å². The SMILES string of the molecule is CC(=O)Nc1nc2cc(NC(=O)CN3C(=O)COc4ccccc43)ccc2s1. The summed E-state index contributed by atoms with van der Waals surface area (Å²) in [5, 5.41) is 5.94. The predicted octanol–water partition coefficient (Wildman–Crippen LogP) is 2.62. The molecule has 0 saturated heterocycles. The first kappa shape index (κ1) is 17.9. The van der Waals surface area contributed by atoms with Crippen LogP contribution in [0.5, 0.6) is 5.75 Å². The Hall–Kier alpha value is -3.46. The number of carbonyl (C=O) groups excluding carboxylic acids is 3. The third kappa shape index (κ3) is 3.65. The summed E-state index contributed by atoms with van der Waals surface area (Å²) in [5.41, 5.74) is 1.80. The second-order valence-corrected chi connectivity index (χ2v) is 7.20. The maximum absolute atomic E-state index is 12.5. The van der Waals surface area contributed by atoms with Crippen molar-refractivity contribution in [2.45, 2.75) is 6.92 Å². The number of fused-ring (bicyclic) bond motifs is 2. The molecule has 4 rings (SSSR count). The molecular weight excluding hydrogens is 380 g/mol. The van der Waals surface area contributed by atoms with Crippen LogP contribution in [0.4, 0.5) is 16.5 Å². The van der Waals surface area contributed by atoms with Gasteiger partial charge in [-0.05, 0) is 30.3 Å². The first-order chi connectivity index (χ1) is 13.5. The van der Waals surface area contributed by atoms with Crippen molar-refractivity contribution >= 4 is 55.8 Å². The Kier molecular flexibility index (Phi) is 4.66. The lowest BCUT2D eigenvalue weighted by atomic mass is 10.2. The summed E-state index contributed by atoms with van der Waals surface area (Å²) in [7, 11) is 0. The van der Waals surface area contributed by atoms with Crippen molar-refractivity contribution in [1.82, 2.24) is 4.98 Å². The molecule has 8 nitrogen and oxygen atoms in total. The third-order valence-electron chi connectivity index (χ3n) is 4.06. The molecule has 28 heavy (non-hydrogen) atoms. The lowest BCUT2D eigenvalue weighted by molar-refractivity contribution is -0.123. The maximum Gasteiger partial charge on any atom is 0.265 e. The summed E-state index contributed by atoms with van der Waals surface area (Å²) in [6.45, 7) is 1.20. The van der Waals surface area contributed by atoms with E-state index in [0.717, 1.165) is 4.70 Å². The summed E-state index contributed by atoms with van der Waals surface area (Å²) < 4.78 is 6.27. The summed E-state index contributed by atoms with van der Waals surface area (Å²) in [6.07, 6.45) is 0. The molecule has 9 heteroatoms. The lowest BCUT2D eigenvalue weighted by Gasteiger charge is -2.28. The Labute approximate surface area is 164 Å². The van der Waals surface area contributed by atoms with Crippen LogP contribution in [0, 0.1) is 0 Å². The van der Waals surface area contributed by atoms with Crippen molar-refractivity contribution in [2.75, 3.05) is 28.7 Å². The normalized spacial score (nSPS) is 13.0. The van der Waals surface area contributed by atoms with E-state index < -0.39 is 0 Å². The number of rotatable bonds is 4. The number of hydrogen-bond donors (Lipinski definition) is 2. The number of para-hydroxylation sites is 2. The molecule has 2 N–H and O–H groups in total. The smallest absolute Gasteiger partial charge is 0.265 e. The average molecular weight is 396 g/mol. The molecule has 0 spiro atoms. The van der Waals surface area contributed by atoms with Gasteiger partial charge in [0, 0.05) is 12.6 Å². The number of amides is 3. The van der Waals surface area contributed by atoms with E-state index in [1.165, 1.54) is 23.2 Å². The van der Waals surface area contributed by atoms with Gasteiger partial charge in [0.15, 0.2) is 11.7 Å². The second kappa shape index (κ2) is 7.28. The van der Waals surface area contributed by atoms with Crippen molar-refractivity contribution in [3.05, 3.63) is 42.5 Å². The summed E-state index contributed by atoms with van der Waals surface area (Å²) >= 11 is 1.35. The van der Waals surface area contributed by atoms with Gasteiger partial charge >= 0.3 is 0 Å². The Morgan fingerprint density at radius 3 is 2.86 bits per heavy atom. The van der Waals surface area contributed by atoms with E-state index in [1.807, 2.05) is 12.1 Å². The maximum atomic E-state index is 12.5.